The fraction of sp³-hybridized carbons (Fsp3) is 0.172. The van der Waals surface area contributed by atoms with Crippen molar-refractivity contribution < 1.29 is 24.3 Å². The van der Waals surface area contributed by atoms with Gasteiger partial charge in [0.2, 0.25) is 11.8 Å². The first-order valence-electron chi connectivity index (χ1n) is 12.1. The Kier molecular flexibility index (Phi) is 8.17. The van der Waals surface area contributed by atoms with Crippen LogP contribution in [0.15, 0.2) is 79.0 Å². The number of carboxylic acids is 1. The van der Waals surface area contributed by atoms with Gasteiger partial charge in [0.1, 0.15) is 6.04 Å². The second kappa shape index (κ2) is 11.9. The molecule has 1 heterocycles. The quantitative estimate of drug-likeness (QED) is 0.220. The topological polar surface area (TPSA) is 140 Å². The number of amides is 3. The number of H-pyrrole nitrogens is 1. The molecule has 1 aromatic heterocycles. The summed E-state index contributed by atoms with van der Waals surface area (Å²) in [4.78, 5) is 50.8. The minimum atomic E-state index is -0.972. The number of anilines is 1. The number of aromatic nitrogens is 1. The van der Waals surface area contributed by atoms with Crippen molar-refractivity contribution in [2.45, 2.75) is 25.8 Å². The molecule has 0 aliphatic heterocycles. The summed E-state index contributed by atoms with van der Waals surface area (Å²) in [6, 6.07) is 21.2. The maximum atomic E-state index is 13.1. The number of aliphatic carboxylic acids is 1. The summed E-state index contributed by atoms with van der Waals surface area (Å²) in [7, 11) is 0. The van der Waals surface area contributed by atoms with E-state index in [2.05, 4.69) is 20.9 Å². The summed E-state index contributed by atoms with van der Waals surface area (Å²) in [6.45, 7) is 1.45. The van der Waals surface area contributed by atoms with E-state index in [1.165, 1.54) is 6.92 Å². The monoisotopic (exact) mass is 512 g/mol. The number of rotatable bonds is 10. The van der Waals surface area contributed by atoms with Crippen molar-refractivity contribution in [3.63, 3.8) is 0 Å². The van der Waals surface area contributed by atoms with Crippen molar-refractivity contribution in [1.82, 2.24) is 15.6 Å². The zero-order valence-corrected chi connectivity index (χ0v) is 20.8. The fourth-order valence-corrected chi connectivity index (χ4v) is 4.15. The number of carbonyl (C=O) groups excluding carboxylic acids is 3. The molecular formula is C29H28N4O5. The molecule has 3 aromatic carbocycles. The van der Waals surface area contributed by atoms with Gasteiger partial charge >= 0.3 is 5.97 Å². The largest absolute Gasteiger partial charge is 0.481 e. The Morgan fingerprint density at radius 3 is 2.21 bits per heavy atom. The molecule has 3 amide bonds. The smallest absolute Gasteiger partial charge is 0.305 e. The van der Waals surface area contributed by atoms with Crippen LogP contribution in [0.5, 0.6) is 0 Å². The van der Waals surface area contributed by atoms with Crippen LogP contribution in [0.2, 0.25) is 0 Å². The molecule has 0 bridgehead atoms. The Balaban J connectivity index is 1.40. The zero-order chi connectivity index (χ0) is 27.1. The first-order chi connectivity index (χ1) is 18.3. The lowest BCUT2D eigenvalue weighted by molar-refractivity contribution is -0.136. The molecule has 0 spiro atoms. The molecule has 1 unspecified atom stereocenters. The van der Waals surface area contributed by atoms with Gasteiger partial charge in [0.15, 0.2) is 0 Å². The Hall–Kier alpha value is -4.92. The zero-order valence-electron chi connectivity index (χ0n) is 20.8. The first-order valence-corrected chi connectivity index (χ1v) is 12.1. The molecule has 4 aromatic rings. The molecule has 0 fully saturated rings. The van der Waals surface area contributed by atoms with E-state index in [4.69, 9.17) is 5.11 Å². The molecule has 0 aliphatic rings. The summed E-state index contributed by atoms with van der Waals surface area (Å²) in [6.07, 6.45) is 2.05. The highest BCUT2D eigenvalue weighted by atomic mass is 16.4. The summed E-state index contributed by atoms with van der Waals surface area (Å²) in [5, 5.41) is 17.9. The Morgan fingerprint density at radius 1 is 0.895 bits per heavy atom. The van der Waals surface area contributed by atoms with Crippen LogP contribution in [0, 0.1) is 0 Å². The van der Waals surface area contributed by atoms with Crippen molar-refractivity contribution in [3.8, 4) is 11.1 Å². The van der Waals surface area contributed by atoms with Crippen molar-refractivity contribution in [1.29, 1.82) is 0 Å². The van der Waals surface area contributed by atoms with Gasteiger partial charge in [-0.3, -0.25) is 19.2 Å². The normalized spacial score (nSPS) is 11.5. The van der Waals surface area contributed by atoms with Crippen LogP contribution in [-0.2, 0) is 20.8 Å². The molecule has 5 N–H and O–H groups in total. The predicted octanol–water partition coefficient (Wildman–Crippen LogP) is 3.73. The number of fused-ring (bicyclic) bond motifs is 1. The molecule has 4 rings (SSSR count). The van der Waals surface area contributed by atoms with Crippen LogP contribution in [0.4, 0.5) is 5.69 Å². The van der Waals surface area contributed by atoms with Gasteiger partial charge in [-0.05, 0) is 47.0 Å². The second-order valence-electron chi connectivity index (χ2n) is 8.86. The van der Waals surface area contributed by atoms with E-state index in [0.717, 1.165) is 27.6 Å². The molecule has 1 atom stereocenters. The van der Waals surface area contributed by atoms with Crippen molar-refractivity contribution in [2.24, 2.45) is 0 Å². The lowest BCUT2D eigenvalue weighted by atomic mass is 10.0. The molecule has 0 radical (unpaired) electrons. The highest BCUT2D eigenvalue weighted by molar-refractivity contribution is 5.98. The van der Waals surface area contributed by atoms with Gasteiger partial charge in [-0.15, -0.1) is 0 Å². The van der Waals surface area contributed by atoms with Gasteiger partial charge in [-0.1, -0.05) is 42.5 Å². The lowest BCUT2D eigenvalue weighted by Gasteiger charge is -2.18. The average molecular weight is 513 g/mol. The minimum Gasteiger partial charge on any atom is -0.481 e. The van der Waals surface area contributed by atoms with Gasteiger partial charge in [-0.25, -0.2) is 0 Å². The summed E-state index contributed by atoms with van der Waals surface area (Å²) >= 11 is 0. The summed E-state index contributed by atoms with van der Waals surface area (Å²) in [5.74, 6) is -1.92. The minimum absolute atomic E-state index is 0.0632. The molecule has 0 saturated carbocycles. The standard InChI is InChI=1S/C29H28N4O5/c1-18(34)32-26(16-22-17-31-25-5-3-2-4-24(22)25)29(38)33-23-12-10-20(11-13-23)19-6-8-21(9-7-19)28(37)30-15-14-27(35)36/h2-13,17,26,31H,14-16H2,1H3,(H,30,37)(H,32,34)(H,33,38)(H,35,36). The van der Waals surface area contributed by atoms with Crippen LogP contribution < -0.4 is 16.0 Å². The summed E-state index contributed by atoms with van der Waals surface area (Å²) < 4.78 is 0. The molecule has 0 saturated heterocycles. The van der Waals surface area contributed by atoms with E-state index in [1.807, 2.05) is 42.6 Å². The maximum Gasteiger partial charge on any atom is 0.305 e. The lowest BCUT2D eigenvalue weighted by Crippen LogP contribution is -2.44. The average Bonchev–Trinajstić information content (AvgIpc) is 3.31. The molecule has 9 nitrogen and oxygen atoms in total. The van der Waals surface area contributed by atoms with Crippen molar-refractivity contribution in [3.05, 3.63) is 90.1 Å². The molecule has 9 heteroatoms. The molecule has 0 aliphatic carbocycles. The molecule has 38 heavy (non-hydrogen) atoms. The van der Waals surface area contributed by atoms with E-state index >= 15 is 0 Å². The van der Waals surface area contributed by atoms with Gasteiger partial charge in [0.25, 0.3) is 5.91 Å². The maximum absolute atomic E-state index is 13.1. The van der Waals surface area contributed by atoms with Crippen LogP contribution in [-0.4, -0.2) is 46.4 Å². The SMILES string of the molecule is CC(=O)NC(Cc1c[nH]c2ccccc12)C(=O)Nc1ccc(-c2ccc(C(=O)NCCC(=O)O)cc2)cc1. The third-order valence-electron chi connectivity index (χ3n) is 6.05. The Morgan fingerprint density at radius 2 is 1.55 bits per heavy atom. The van der Waals surface area contributed by atoms with Gasteiger partial charge in [0.05, 0.1) is 6.42 Å². The summed E-state index contributed by atoms with van der Waals surface area (Å²) in [5.41, 5.74) is 4.68. The first kappa shape index (κ1) is 26.2. The van der Waals surface area contributed by atoms with E-state index in [0.29, 0.717) is 17.7 Å². The molecular weight excluding hydrogens is 484 g/mol. The van der Waals surface area contributed by atoms with Gasteiger partial charge < -0.3 is 26.0 Å². The van der Waals surface area contributed by atoms with E-state index in [1.54, 1.807) is 36.4 Å². The van der Waals surface area contributed by atoms with Gasteiger partial charge in [-0.2, -0.15) is 0 Å². The number of nitrogens with one attached hydrogen (secondary N) is 4. The molecule has 194 valence electrons. The third kappa shape index (κ3) is 6.64. The Bertz CT molecular complexity index is 1460. The van der Waals surface area contributed by atoms with E-state index < -0.39 is 12.0 Å². The van der Waals surface area contributed by atoms with Crippen LogP contribution in [0.3, 0.4) is 0 Å². The number of benzene rings is 3. The third-order valence-corrected chi connectivity index (χ3v) is 6.05. The number of hydrogen-bond acceptors (Lipinski definition) is 4. The van der Waals surface area contributed by atoms with Crippen molar-refractivity contribution >= 4 is 40.3 Å². The van der Waals surface area contributed by atoms with Crippen LogP contribution >= 0.6 is 0 Å². The fourth-order valence-electron chi connectivity index (χ4n) is 4.15. The number of carbonyl (C=O) groups is 4. The van der Waals surface area contributed by atoms with Crippen LogP contribution in [0.25, 0.3) is 22.0 Å². The predicted molar refractivity (Wildman–Crippen MR) is 145 cm³/mol. The number of carboxylic acid groups (broad SMARTS) is 1. The van der Waals surface area contributed by atoms with Gasteiger partial charge in [0, 0.05) is 48.2 Å². The number of aromatic amines is 1. The van der Waals surface area contributed by atoms with Crippen molar-refractivity contribution in [2.75, 3.05) is 11.9 Å². The Labute approximate surface area is 219 Å². The van der Waals surface area contributed by atoms with Crippen LogP contribution in [0.1, 0.15) is 29.3 Å². The number of hydrogen-bond donors (Lipinski definition) is 5. The second-order valence-corrected chi connectivity index (χ2v) is 8.86. The number of para-hydroxylation sites is 1. The highest BCUT2D eigenvalue weighted by Gasteiger charge is 2.21. The van der Waals surface area contributed by atoms with E-state index in [9.17, 15) is 19.2 Å². The van der Waals surface area contributed by atoms with E-state index in [-0.39, 0.29) is 30.7 Å². The highest BCUT2D eigenvalue weighted by Crippen LogP contribution is 2.23.